The molecule has 1 amide bonds. The highest BCUT2D eigenvalue weighted by molar-refractivity contribution is 7.32. The van der Waals surface area contributed by atoms with Crippen molar-refractivity contribution in [1.29, 1.82) is 0 Å². The van der Waals surface area contributed by atoms with Gasteiger partial charge in [0, 0.05) is 14.3 Å². The largest absolute Gasteiger partial charge is 0.481 e. The molecule has 0 aliphatic heterocycles. The molecule has 0 fully saturated rings. The monoisotopic (exact) mass is 548 g/mol. The van der Waals surface area contributed by atoms with Gasteiger partial charge in [0.05, 0.1) is 27.6 Å². The second-order valence-electron chi connectivity index (χ2n) is 8.72. The van der Waals surface area contributed by atoms with E-state index in [1.54, 1.807) is 22.7 Å². The second kappa shape index (κ2) is 10.5. The van der Waals surface area contributed by atoms with E-state index in [2.05, 4.69) is 21.8 Å². The molecule has 0 aliphatic carbocycles. The number of amides is 1. The molecule has 0 spiro atoms. The summed E-state index contributed by atoms with van der Waals surface area (Å²) < 4.78 is 12.4. The molecule has 2 aromatic carbocycles. The van der Waals surface area contributed by atoms with Crippen LogP contribution in [0.3, 0.4) is 0 Å². The fourth-order valence-corrected chi connectivity index (χ4v) is 7.40. The van der Waals surface area contributed by atoms with Crippen molar-refractivity contribution in [3.05, 3.63) is 83.0 Å². The molecular weight excluding hydrogens is 525 g/mol. The third-order valence-electron chi connectivity index (χ3n) is 6.04. The van der Waals surface area contributed by atoms with E-state index in [1.165, 1.54) is 11.5 Å². The number of aromatic nitrogens is 1. The summed E-state index contributed by atoms with van der Waals surface area (Å²) in [6, 6.07) is 19.8. The number of ether oxygens (including phenoxy) is 1. The standard InChI is InChI=1S/C28H24N2O4S3/c1-15-11-20(10-9-19(15)12-25(31)32)21-13-22-23(35-21)14-24(36-22)27-26(16(2)30-37-27)29-28(33)34-17(3)18-7-5-4-6-8-18/h4-11,13-14,17H,12H2,1-3H3,(H,29,33)(H,31,32). The molecule has 0 bridgehead atoms. The molecule has 188 valence electrons. The third-order valence-corrected chi connectivity index (χ3v) is 9.50. The molecule has 37 heavy (non-hydrogen) atoms. The predicted molar refractivity (Wildman–Crippen MR) is 152 cm³/mol. The number of hydrogen-bond donors (Lipinski definition) is 2. The molecule has 1 unspecified atom stereocenters. The van der Waals surface area contributed by atoms with Crippen LogP contribution in [-0.4, -0.2) is 21.5 Å². The van der Waals surface area contributed by atoms with E-state index in [0.29, 0.717) is 5.69 Å². The molecule has 3 heterocycles. The molecule has 9 heteroatoms. The zero-order chi connectivity index (χ0) is 26.1. The van der Waals surface area contributed by atoms with Gasteiger partial charge in [-0.3, -0.25) is 10.1 Å². The van der Waals surface area contributed by atoms with Crippen molar-refractivity contribution < 1.29 is 19.4 Å². The lowest BCUT2D eigenvalue weighted by Crippen LogP contribution is -2.16. The number of nitrogens with one attached hydrogen (secondary N) is 1. The SMILES string of the molecule is Cc1cc(-c2cc3sc(-c4snc(C)c4NC(=O)OC(C)c4ccccc4)cc3s2)ccc1CC(=O)O. The van der Waals surface area contributed by atoms with Crippen LogP contribution >= 0.6 is 34.2 Å². The number of carbonyl (C=O) groups is 2. The number of aryl methyl sites for hydroxylation is 2. The van der Waals surface area contributed by atoms with Crippen molar-refractivity contribution in [2.24, 2.45) is 0 Å². The van der Waals surface area contributed by atoms with Crippen LogP contribution in [-0.2, 0) is 16.0 Å². The van der Waals surface area contributed by atoms with Crippen molar-refractivity contribution in [1.82, 2.24) is 4.37 Å². The number of nitrogens with zero attached hydrogens (tertiary/aromatic N) is 1. The Hall–Kier alpha value is -3.53. The Morgan fingerprint density at radius 1 is 1.00 bits per heavy atom. The molecule has 3 aromatic heterocycles. The number of anilines is 1. The van der Waals surface area contributed by atoms with Crippen LogP contribution in [0.15, 0.2) is 60.7 Å². The van der Waals surface area contributed by atoms with Crippen LogP contribution < -0.4 is 5.32 Å². The normalized spacial score (nSPS) is 12.0. The summed E-state index contributed by atoms with van der Waals surface area (Å²) in [4.78, 5) is 26.8. The Balaban J connectivity index is 1.35. The number of rotatable bonds is 7. The van der Waals surface area contributed by atoms with E-state index in [-0.39, 0.29) is 12.5 Å². The number of hydrogen-bond acceptors (Lipinski definition) is 7. The van der Waals surface area contributed by atoms with Gasteiger partial charge in [0.15, 0.2) is 0 Å². The highest BCUT2D eigenvalue weighted by Crippen LogP contribution is 2.45. The van der Waals surface area contributed by atoms with Crippen LogP contribution in [0.5, 0.6) is 0 Å². The van der Waals surface area contributed by atoms with Gasteiger partial charge in [0.25, 0.3) is 0 Å². The number of thiophene rings is 2. The lowest BCUT2D eigenvalue weighted by Gasteiger charge is -2.14. The first-order chi connectivity index (χ1) is 17.8. The predicted octanol–water partition coefficient (Wildman–Crippen LogP) is 8.31. The highest BCUT2D eigenvalue weighted by atomic mass is 32.1. The maximum Gasteiger partial charge on any atom is 0.412 e. The van der Waals surface area contributed by atoms with E-state index in [1.807, 2.05) is 69.3 Å². The quantitative estimate of drug-likeness (QED) is 0.213. The Morgan fingerprint density at radius 2 is 1.70 bits per heavy atom. The van der Waals surface area contributed by atoms with E-state index < -0.39 is 12.1 Å². The summed E-state index contributed by atoms with van der Waals surface area (Å²) in [5.74, 6) is -0.828. The molecular formula is C28H24N2O4S3. The molecule has 0 radical (unpaired) electrons. The van der Waals surface area contributed by atoms with E-state index in [0.717, 1.165) is 52.0 Å². The van der Waals surface area contributed by atoms with Crippen molar-refractivity contribution in [3.8, 4) is 20.2 Å². The summed E-state index contributed by atoms with van der Waals surface area (Å²) in [7, 11) is 0. The minimum absolute atomic E-state index is 0.0261. The minimum Gasteiger partial charge on any atom is -0.481 e. The van der Waals surface area contributed by atoms with Crippen molar-refractivity contribution in [2.45, 2.75) is 33.3 Å². The Bertz CT molecular complexity index is 1570. The fourth-order valence-electron chi connectivity index (χ4n) is 4.07. The molecule has 6 nitrogen and oxygen atoms in total. The molecule has 2 N–H and O–H groups in total. The smallest absolute Gasteiger partial charge is 0.412 e. The van der Waals surface area contributed by atoms with Crippen molar-refractivity contribution in [2.75, 3.05) is 5.32 Å². The van der Waals surface area contributed by atoms with Crippen molar-refractivity contribution >= 4 is 61.4 Å². The van der Waals surface area contributed by atoms with Crippen molar-refractivity contribution in [3.63, 3.8) is 0 Å². The van der Waals surface area contributed by atoms with Gasteiger partial charge in [0.2, 0.25) is 0 Å². The summed E-state index contributed by atoms with van der Waals surface area (Å²) in [5.41, 5.74) is 5.23. The second-order valence-corrected chi connectivity index (χ2v) is 11.7. The first-order valence-electron chi connectivity index (χ1n) is 11.6. The topological polar surface area (TPSA) is 88.5 Å². The lowest BCUT2D eigenvalue weighted by molar-refractivity contribution is -0.136. The summed E-state index contributed by atoms with van der Waals surface area (Å²) in [6.45, 7) is 5.67. The molecule has 0 saturated carbocycles. The van der Waals surface area contributed by atoms with Gasteiger partial charge in [-0.1, -0.05) is 48.5 Å². The van der Waals surface area contributed by atoms with Gasteiger partial charge >= 0.3 is 12.1 Å². The number of carbonyl (C=O) groups excluding carboxylic acids is 1. The molecule has 0 saturated heterocycles. The molecule has 5 aromatic rings. The number of carboxylic acid groups (broad SMARTS) is 1. The molecule has 0 aliphatic rings. The van der Waals surface area contributed by atoms with Crippen LogP contribution in [0, 0.1) is 13.8 Å². The van der Waals surface area contributed by atoms with E-state index >= 15 is 0 Å². The number of carboxylic acids is 1. The van der Waals surface area contributed by atoms with Gasteiger partial charge in [0.1, 0.15) is 6.10 Å². The maximum atomic E-state index is 12.7. The highest BCUT2D eigenvalue weighted by Gasteiger charge is 2.20. The minimum atomic E-state index is -0.828. The Kier molecular flexibility index (Phi) is 7.10. The molecule has 5 rings (SSSR count). The number of aliphatic carboxylic acids is 1. The van der Waals surface area contributed by atoms with Gasteiger partial charge in [-0.25, -0.2) is 4.79 Å². The maximum absolute atomic E-state index is 12.7. The summed E-state index contributed by atoms with van der Waals surface area (Å²) in [5, 5.41) is 12.0. The first kappa shape index (κ1) is 25.1. The number of benzene rings is 2. The zero-order valence-corrected chi connectivity index (χ0v) is 22.9. The lowest BCUT2D eigenvalue weighted by atomic mass is 10.0. The van der Waals surface area contributed by atoms with Gasteiger partial charge < -0.3 is 9.84 Å². The molecule has 1 atom stereocenters. The van der Waals surface area contributed by atoms with Gasteiger partial charge in [-0.2, -0.15) is 4.37 Å². The Labute approximate surface area is 226 Å². The fraction of sp³-hybridized carbons (Fsp3) is 0.179. The van der Waals surface area contributed by atoms with E-state index in [4.69, 9.17) is 9.84 Å². The van der Waals surface area contributed by atoms with Gasteiger partial charge in [-0.05, 0) is 66.7 Å². The number of fused-ring (bicyclic) bond motifs is 1. The van der Waals surface area contributed by atoms with Crippen LogP contribution in [0.25, 0.3) is 29.6 Å². The Morgan fingerprint density at radius 3 is 2.41 bits per heavy atom. The van der Waals surface area contributed by atoms with Crippen LogP contribution in [0.2, 0.25) is 0 Å². The van der Waals surface area contributed by atoms with E-state index in [9.17, 15) is 9.59 Å². The average Bonchev–Trinajstić information content (AvgIpc) is 3.54. The zero-order valence-electron chi connectivity index (χ0n) is 20.4. The average molecular weight is 549 g/mol. The van der Waals surface area contributed by atoms with Crippen LogP contribution in [0.4, 0.5) is 10.5 Å². The van der Waals surface area contributed by atoms with Gasteiger partial charge in [-0.15, -0.1) is 22.7 Å². The van der Waals surface area contributed by atoms with Crippen LogP contribution in [0.1, 0.15) is 35.4 Å². The summed E-state index contributed by atoms with van der Waals surface area (Å²) >= 11 is 4.71. The third kappa shape index (κ3) is 5.44. The first-order valence-corrected chi connectivity index (χ1v) is 14.0. The summed E-state index contributed by atoms with van der Waals surface area (Å²) in [6.07, 6.45) is -0.856.